The summed E-state index contributed by atoms with van der Waals surface area (Å²) in [7, 11) is 0. The number of phenols is 1. The summed E-state index contributed by atoms with van der Waals surface area (Å²) in [6.07, 6.45) is 1.53. The number of nitrogens with one attached hydrogen (secondary N) is 1. The van der Waals surface area contributed by atoms with E-state index in [1.165, 1.54) is 12.3 Å². The number of hydrogen-bond acceptors (Lipinski definition) is 3. The molecule has 0 saturated carbocycles. The third-order valence-electron chi connectivity index (χ3n) is 2.26. The minimum Gasteiger partial charge on any atom is -0.507 e. The number of rotatable bonds is 2. The van der Waals surface area contributed by atoms with Crippen molar-refractivity contribution in [2.45, 2.75) is 0 Å². The van der Waals surface area contributed by atoms with Crippen molar-refractivity contribution in [3.63, 3.8) is 0 Å². The zero-order valence-electron chi connectivity index (χ0n) is 9.32. The quantitative estimate of drug-likeness (QED) is 0.734. The number of anilines is 1. The van der Waals surface area contributed by atoms with E-state index in [2.05, 4.69) is 42.2 Å². The van der Waals surface area contributed by atoms with E-state index in [4.69, 9.17) is 11.6 Å². The van der Waals surface area contributed by atoms with Crippen LogP contribution in [0.3, 0.4) is 0 Å². The highest BCUT2D eigenvalue weighted by Gasteiger charge is 2.11. The Morgan fingerprint density at radius 2 is 2.05 bits per heavy atom. The van der Waals surface area contributed by atoms with E-state index in [0.717, 1.165) is 0 Å². The molecular weight excluding hydrogens is 399 g/mol. The van der Waals surface area contributed by atoms with Gasteiger partial charge in [0.1, 0.15) is 5.75 Å². The number of carbonyl (C=O) groups is 1. The fraction of sp³-hybridized carbons (Fsp3) is 0. The Kier molecular flexibility index (Phi) is 4.44. The first kappa shape index (κ1) is 14.3. The molecule has 0 unspecified atom stereocenters. The molecule has 0 bridgehead atoms. The van der Waals surface area contributed by atoms with E-state index in [9.17, 15) is 9.90 Å². The van der Waals surface area contributed by atoms with Crippen LogP contribution in [0.15, 0.2) is 39.4 Å². The number of amides is 1. The minimum atomic E-state index is -0.385. The van der Waals surface area contributed by atoms with Crippen molar-refractivity contribution < 1.29 is 9.90 Å². The van der Waals surface area contributed by atoms with Gasteiger partial charge in [-0.25, -0.2) is 4.98 Å². The zero-order valence-corrected chi connectivity index (χ0v) is 13.3. The zero-order chi connectivity index (χ0) is 14.0. The largest absolute Gasteiger partial charge is 0.507 e. The summed E-state index contributed by atoms with van der Waals surface area (Å²) in [5, 5.41) is 12.4. The van der Waals surface area contributed by atoms with Crippen LogP contribution in [-0.4, -0.2) is 16.0 Å². The molecule has 1 heterocycles. The van der Waals surface area contributed by atoms with Gasteiger partial charge in [-0.2, -0.15) is 0 Å². The molecule has 0 aliphatic carbocycles. The molecule has 0 aliphatic rings. The second-order valence-electron chi connectivity index (χ2n) is 3.61. The lowest BCUT2D eigenvalue weighted by molar-refractivity contribution is 0.102. The Morgan fingerprint density at radius 3 is 2.74 bits per heavy atom. The van der Waals surface area contributed by atoms with Crippen molar-refractivity contribution >= 4 is 55.1 Å². The Labute approximate surface area is 131 Å². The van der Waals surface area contributed by atoms with Crippen LogP contribution < -0.4 is 5.32 Å². The van der Waals surface area contributed by atoms with Crippen LogP contribution in [0.5, 0.6) is 5.75 Å². The van der Waals surface area contributed by atoms with Gasteiger partial charge in [0.25, 0.3) is 5.91 Å². The first-order chi connectivity index (χ1) is 8.97. The second-order valence-corrected chi connectivity index (χ2v) is 5.74. The van der Waals surface area contributed by atoms with Crippen molar-refractivity contribution in [1.29, 1.82) is 0 Å². The maximum Gasteiger partial charge on any atom is 0.255 e. The molecule has 1 aromatic carbocycles. The molecule has 98 valence electrons. The molecule has 0 saturated heterocycles. The van der Waals surface area contributed by atoms with Crippen LogP contribution in [0.4, 0.5) is 5.69 Å². The number of aromatic nitrogens is 1. The van der Waals surface area contributed by atoms with Crippen LogP contribution in [0.25, 0.3) is 0 Å². The second kappa shape index (κ2) is 5.90. The van der Waals surface area contributed by atoms with Gasteiger partial charge < -0.3 is 10.4 Å². The Morgan fingerprint density at radius 1 is 1.32 bits per heavy atom. The smallest absolute Gasteiger partial charge is 0.255 e. The highest BCUT2D eigenvalue weighted by atomic mass is 79.9. The fourth-order valence-corrected chi connectivity index (χ4v) is 2.09. The van der Waals surface area contributed by atoms with Crippen molar-refractivity contribution in [1.82, 2.24) is 4.98 Å². The molecule has 0 aliphatic heterocycles. The topological polar surface area (TPSA) is 62.2 Å². The van der Waals surface area contributed by atoms with Crippen LogP contribution >= 0.6 is 43.5 Å². The number of benzene rings is 1. The van der Waals surface area contributed by atoms with Gasteiger partial charge in [0.05, 0.1) is 10.2 Å². The number of pyridine rings is 1. The van der Waals surface area contributed by atoms with Crippen molar-refractivity contribution in [3.8, 4) is 5.75 Å². The lowest BCUT2D eigenvalue weighted by Gasteiger charge is -2.07. The van der Waals surface area contributed by atoms with Crippen LogP contribution in [-0.2, 0) is 0 Å². The molecule has 1 aromatic heterocycles. The third kappa shape index (κ3) is 3.46. The van der Waals surface area contributed by atoms with Crippen molar-refractivity contribution in [2.75, 3.05) is 5.32 Å². The lowest BCUT2D eigenvalue weighted by Crippen LogP contribution is -2.12. The molecule has 0 fully saturated rings. The molecule has 7 heteroatoms. The van der Waals surface area contributed by atoms with Gasteiger partial charge in [0.2, 0.25) is 0 Å². The average molecular weight is 406 g/mol. The van der Waals surface area contributed by atoms with Gasteiger partial charge in [-0.05, 0) is 56.1 Å². The summed E-state index contributed by atoms with van der Waals surface area (Å²) in [4.78, 5) is 15.9. The number of hydrogen-bond donors (Lipinski definition) is 2. The number of halogens is 3. The number of nitrogens with zero attached hydrogens (tertiary/aromatic N) is 1. The van der Waals surface area contributed by atoms with Crippen LogP contribution in [0.1, 0.15) is 10.4 Å². The highest BCUT2D eigenvalue weighted by molar-refractivity contribution is 9.10. The molecule has 2 aromatic rings. The molecule has 2 rings (SSSR count). The number of aromatic hydroxyl groups is 1. The monoisotopic (exact) mass is 404 g/mol. The third-order valence-corrected chi connectivity index (χ3v) is 3.67. The number of carbonyl (C=O) groups excluding carboxylic acids is 1. The molecule has 4 nitrogen and oxygen atoms in total. The predicted molar refractivity (Wildman–Crippen MR) is 80.7 cm³/mol. The molecule has 19 heavy (non-hydrogen) atoms. The molecular formula is C12H7Br2ClN2O2. The fourth-order valence-electron chi connectivity index (χ4n) is 1.36. The molecule has 0 spiro atoms. The first-order valence-electron chi connectivity index (χ1n) is 5.08. The lowest BCUT2D eigenvalue weighted by atomic mass is 10.2. The first-order valence-corrected chi connectivity index (χ1v) is 7.04. The molecule has 1 amide bonds. The Hall–Kier alpha value is -1.11. The normalized spacial score (nSPS) is 10.3. The van der Waals surface area contributed by atoms with Gasteiger partial charge in [-0.1, -0.05) is 11.6 Å². The average Bonchev–Trinajstić information content (AvgIpc) is 2.37. The van der Waals surface area contributed by atoms with E-state index >= 15 is 0 Å². The van der Waals surface area contributed by atoms with Gasteiger partial charge >= 0.3 is 0 Å². The molecule has 0 radical (unpaired) electrons. The van der Waals surface area contributed by atoms with E-state index in [0.29, 0.717) is 20.2 Å². The van der Waals surface area contributed by atoms with E-state index in [1.54, 1.807) is 18.2 Å². The van der Waals surface area contributed by atoms with Gasteiger partial charge in [0.15, 0.2) is 5.15 Å². The van der Waals surface area contributed by atoms with E-state index in [1.807, 2.05) is 0 Å². The van der Waals surface area contributed by atoms with Crippen molar-refractivity contribution in [2.24, 2.45) is 0 Å². The van der Waals surface area contributed by atoms with Gasteiger partial charge in [0, 0.05) is 16.2 Å². The van der Waals surface area contributed by atoms with Gasteiger partial charge in [-0.3, -0.25) is 4.79 Å². The molecule has 0 atom stereocenters. The Balaban J connectivity index is 2.25. The van der Waals surface area contributed by atoms with Crippen LogP contribution in [0.2, 0.25) is 5.15 Å². The van der Waals surface area contributed by atoms with E-state index < -0.39 is 0 Å². The molecule has 2 N–H and O–H groups in total. The van der Waals surface area contributed by atoms with Crippen LogP contribution in [0, 0.1) is 0 Å². The number of phenolic OH excluding ortho intramolecular Hbond substituents is 1. The Bertz CT molecular complexity index is 650. The SMILES string of the molecule is O=C(Nc1cc(Br)cnc1Cl)c1ccc(Br)c(O)c1. The maximum atomic E-state index is 12.0. The summed E-state index contributed by atoms with van der Waals surface area (Å²) in [6.45, 7) is 0. The highest BCUT2D eigenvalue weighted by Crippen LogP contribution is 2.26. The van der Waals surface area contributed by atoms with Crippen molar-refractivity contribution in [3.05, 3.63) is 50.1 Å². The summed E-state index contributed by atoms with van der Waals surface area (Å²) < 4.78 is 1.22. The van der Waals surface area contributed by atoms with Gasteiger partial charge in [-0.15, -0.1) is 0 Å². The summed E-state index contributed by atoms with van der Waals surface area (Å²) >= 11 is 12.3. The minimum absolute atomic E-state index is 0.00823. The van der Waals surface area contributed by atoms with E-state index in [-0.39, 0.29) is 16.8 Å². The summed E-state index contributed by atoms with van der Waals surface area (Å²) in [6, 6.07) is 6.17. The summed E-state index contributed by atoms with van der Waals surface area (Å²) in [5.74, 6) is -0.393. The maximum absolute atomic E-state index is 12.0. The summed E-state index contributed by atoms with van der Waals surface area (Å²) in [5.41, 5.74) is 0.709. The standard InChI is InChI=1S/C12H7Br2ClN2O2/c13-7-4-9(11(15)16-5-7)17-12(19)6-1-2-8(14)10(18)3-6/h1-5,18H,(H,17,19). The predicted octanol–water partition coefficient (Wildman–Crippen LogP) is 4.22.